The minimum absolute atomic E-state index is 0.0478. The monoisotopic (exact) mass is 170 g/mol. The van der Waals surface area contributed by atoms with Crippen LogP contribution in [0, 0.1) is 11.3 Å². The lowest BCUT2D eigenvalue weighted by molar-refractivity contribution is -0.127. The molecule has 3 nitrogen and oxygen atoms in total. The molecule has 1 amide bonds. The van der Waals surface area contributed by atoms with Crippen molar-refractivity contribution in [3.05, 3.63) is 10.6 Å². The molecule has 58 valence electrons. The van der Waals surface area contributed by atoms with Gasteiger partial charge in [0.25, 0.3) is 0 Å². The first-order chi connectivity index (χ1) is 5.15. The Morgan fingerprint density at radius 3 is 2.64 bits per heavy atom. The van der Waals surface area contributed by atoms with Crippen molar-refractivity contribution in [3.8, 4) is 6.07 Å². The Morgan fingerprint density at radius 2 is 2.36 bits per heavy atom. The van der Waals surface area contributed by atoms with Gasteiger partial charge in [-0.1, -0.05) is 11.6 Å². The Hall–Kier alpha value is -1.01. The summed E-state index contributed by atoms with van der Waals surface area (Å²) in [5.41, 5.74) is 0.502. The lowest BCUT2D eigenvalue weighted by Gasteiger charge is -2.11. The van der Waals surface area contributed by atoms with Crippen molar-refractivity contribution in [2.24, 2.45) is 0 Å². The van der Waals surface area contributed by atoms with E-state index in [-0.39, 0.29) is 5.91 Å². The van der Waals surface area contributed by atoms with E-state index in [1.54, 1.807) is 0 Å². The molecule has 0 aliphatic carbocycles. The highest BCUT2D eigenvalue weighted by Crippen LogP contribution is 2.19. The van der Waals surface area contributed by atoms with Crippen LogP contribution in [0.3, 0.4) is 0 Å². The maximum Gasteiger partial charge on any atom is 0.220 e. The van der Waals surface area contributed by atoms with Crippen molar-refractivity contribution < 1.29 is 4.79 Å². The zero-order chi connectivity index (χ0) is 8.43. The van der Waals surface area contributed by atoms with Gasteiger partial charge in [-0.25, -0.2) is 0 Å². The predicted molar refractivity (Wildman–Crippen MR) is 40.7 cm³/mol. The topological polar surface area (TPSA) is 44.1 Å². The fourth-order valence-corrected chi connectivity index (χ4v) is 1.16. The van der Waals surface area contributed by atoms with E-state index in [0.29, 0.717) is 23.7 Å². The summed E-state index contributed by atoms with van der Waals surface area (Å²) in [7, 11) is 0. The summed E-state index contributed by atoms with van der Waals surface area (Å²) in [4.78, 5) is 12.3. The molecular weight excluding hydrogens is 164 g/mol. The molecule has 1 aliphatic heterocycles. The largest absolute Gasteiger partial charge is 0.333 e. The van der Waals surface area contributed by atoms with Gasteiger partial charge in [-0.05, 0) is 0 Å². The number of hydrogen-bond donors (Lipinski definition) is 0. The van der Waals surface area contributed by atoms with Crippen molar-refractivity contribution in [2.45, 2.75) is 6.92 Å². The fourth-order valence-electron chi connectivity index (χ4n) is 0.914. The molecule has 0 aromatic heterocycles. The van der Waals surface area contributed by atoms with Crippen LogP contribution in [0.1, 0.15) is 6.92 Å². The van der Waals surface area contributed by atoms with E-state index < -0.39 is 0 Å². The second-order valence-corrected chi connectivity index (χ2v) is 2.83. The molecule has 4 heteroatoms. The van der Waals surface area contributed by atoms with E-state index in [9.17, 15) is 4.79 Å². The molecule has 11 heavy (non-hydrogen) atoms. The number of nitriles is 1. The van der Waals surface area contributed by atoms with E-state index in [0.717, 1.165) is 0 Å². The summed E-state index contributed by atoms with van der Waals surface area (Å²) in [6.07, 6.45) is 0. The van der Waals surface area contributed by atoms with Crippen molar-refractivity contribution in [2.75, 3.05) is 13.1 Å². The van der Waals surface area contributed by atoms with Gasteiger partial charge in [0.15, 0.2) is 0 Å². The number of hydrogen-bond acceptors (Lipinski definition) is 2. The van der Waals surface area contributed by atoms with Crippen LogP contribution < -0.4 is 0 Å². The molecule has 1 heterocycles. The first kappa shape index (κ1) is 8.09. The lowest BCUT2D eigenvalue weighted by Crippen LogP contribution is -2.26. The average molecular weight is 171 g/mol. The van der Waals surface area contributed by atoms with Crippen molar-refractivity contribution in [1.82, 2.24) is 4.90 Å². The van der Waals surface area contributed by atoms with Crippen LogP contribution in [0.15, 0.2) is 10.6 Å². The molecule has 0 atom stereocenters. The Kier molecular flexibility index (Phi) is 2.16. The molecule has 0 bridgehead atoms. The molecule has 1 aliphatic rings. The third-order valence-electron chi connectivity index (χ3n) is 1.59. The first-order valence-electron chi connectivity index (χ1n) is 3.18. The van der Waals surface area contributed by atoms with E-state index in [2.05, 4.69) is 0 Å². The number of carbonyl (C=O) groups is 1. The van der Waals surface area contributed by atoms with E-state index in [4.69, 9.17) is 16.9 Å². The highest BCUT2D eigenvalue weighted by atomic mass is 35.5. The standard InChI is InChI=1S/C7H7ClN2O/c1-5(11)10-3-6(2-9)7(8)4-10/h3-4H2,1H3. The molecule has 0 unspecified atom stereocenters. The molecule has 0 N–H and O–H groups in total. The first-order valence-corrected chi connectivity index (χ1v) is 3.56. The van der Waals surface area contributed by atoms with Crippen LogP contribution >= 0.6 is 11.6 Å². The molecule has 0 saturated carbocycles. The van der Waals surface area contributed by atoms with Crippen molar-refractivity contribution in [1.29, 1.82) is 5.26 Å². The summed E-state index contributed by atoms with van der Waals surface area (Å²) in [5, 5.41) is 8.99. The fraction of sp³-hybridized carbons (Fsp3) is 0.429. The maximum absolute atomic E-state index is 10.8. The van der Waals surface area contributed by atoms with Gasteiger partial charge in [-0.15, -0.1) is 0 Å². The Labute approximate surface area is 69.9 Å². The van der Waals surface area contributed by atoms with Gasteiger partial charge in [0.05, 0.1) is 29.8 Å². The molecule has 0 aromatic carbocycles. The number of nitrogens with zero attached hydrogens (tertiary/aromatic N) is 2. The van der Waals surface area contributed by atoms with Gasteiger partial charge in [-0.2, -0.15) is 5.26 Å². The molecule has 0 aromatic rings. The second-order valence-electron chi connectivity index (χ2n) is 2.37. The Bertz CT molecular complexity index is 264. The minimum Gasteiger partial charge on any atom is -0.333 e. The maximum atomic E-state index is 10.8. The molecule has 0 saturated heterocycles. The Morgan fingerprint density at radius 1 is 1.73 bits per heavy atom. The van der Waals surface area contributed by atoms with Crippen molar-refractivity contribution >= 4 is 17.5 Å². The summed E-state index contributed by atoms with van der Waals surface area (Å²) >= 11 is 5.68. The van der Waals surface area contributed by atoms with Crippen LogP contribution in [0.25, 0.3) is 0 Å². The number of carbonyl (C=O) groups excluding carboxylic acids is 1. The zero-order valence-electron chi connectivity index (χ0n) is 6.09. The van der Waals surface area contributed by atoms with Gasteiger partial charge in [-0.3, -0.25) is 4.79 Å². The molecule has 1 rings (SSSR count). The number of amides is 1. The lowest BCUT2D eigenvalue weighted by atomic mass is 10.3. The van der Waals surface area contributed by atoms with Crippen LogP contribution in [0.2, 0.25) is 0 Å². The highest BCUT2D eigenvalue weighted by molar-refractivity contribution is 6.31. The normalized spacial score (nSPS) is 17.0. The number of halogens is 1. The second kappa shape index (κ2) is 2.93. The molecule has 0 fully saturated rings. The van der Waals surface area contributed by atoms with E-state index >= 15 is 0 Å². The highest BCUT2D eigenvalue weighted by Gasteiger charge is 2.21. The summed E-state index contributed by atoms with van der Waals surface area (Å²) in [5.74, 6) is -0.0478. The third-order valence-corrected chi connectivity index (χ3v) is 1.93. The molecule has 0 radical (unpaired) electrons. The van der Waals surface area contributed by atoms with Gasteiger partial charge in [0.1, 0.15) is 0 Å². The molecular formula is C7H7ClN2O. The van der Waals surface area contributed by atoms with E-state index in [1.165, 1.54) is 11.8 Å². The van der Waals surface area contributed by atoms with Crippen LogP contribution in [-0.4, -0.2) is 23.9 Å². The van der Waals surface area contributed by atoms with Gasteiger partial charge in [0.2, 0.25) is 5.91 Å². The molecule has 0 spiro atoms. The zero-order valence-corrected chi connectivity index (χ0v) is 6.85. The summed E-state index contributed by atoms with van der Waals surface area (Å²) in [6.45, 7) is 2.22. The quantitative estimate of drug-likeness (QED) is 0.542. The Balaban J connectivity index is 2.70. The smallest absolute Gasteiger partial charge is 0.220 e. The van der Waals surface area contributed by atoms with Crippen LogP contribution in [0.4, 0.5) is 0 Å². The third kappa shape index (κ3) is 1.52. The number of rotatable bonds is 0. The SMILES string of the molecule is CC(=O)N1CC(Cl)=C(C#N)C1. The van der Waals surface area contributed by atoms with E-state index in [1.807, 2.05) is 6.07 Å². The summed E-state index contributed by atoms with van der Waals surface area (Å²) < 4.78 is 0. The minimum atomic E-state index is -0.0478. The average Bonchev–Trinajstić information content (AvgIpc) is 2.31. The van der Waals surface area contributed by atoms with Gasteiger partial charge >= 0.3 is 0 Å². The van der Waals surface area contributed by atoms with Gasteiger partial charge < -0.3 is 4.90 Å². The van der Waals surface area contributed by atoms with Crippen LogP contribution in [-0.2, 0) is 4.79 Å². The van der Waals surface area contributed by atoms with Crippen LogP contribution in [0.5, 0.6) is 0 Å². The van der Waals surface area contributed by atoms with Crippen molar-refractivity contribution in [3.63, 3.8) is 0 Å². The van der Waals surface area contributed by atoms with Gasteiger partial charge in [0, 0.05) is 6.92 Å². The predicted octanol–water partition coefficient (Wildman–Crippen LogP) is 0.865. The summed E-state index contributed by atoms with van der Waals surface area (Å²) in [6, 6.07) is 1.95.